The van der Waals surface area contributed by atoms with Crippen molar-refractivity contribution in [3.8, 4) is 56.4 Å². The summed E-state index contributed by atoms with van der Waals surface area (Å²) in [5.41, 5.74) is 7.65. The molecule has 4 heteroatoms. The lowest BCUT2D eigenvalue weighted by atomic mass is 9.89. The number of nitrogens with zero attached hydrogens (tertiary/aromatic N) is 3. The first kappa shape index (κ1) is 31.5. The molecule has 0 saturated heterocycles. The molecule has 0 atom stereocenters. The van der Waals surface area contributed by atoms with Gasteiger partial charge in [0.05, 0.1) is 0 Å². The van der Waals surface area contributed by atoms with Crippen molar-refractivity contribution in [2.24, 2.45) is 0 Å². The molecule has 0 bridgehead atoms. The molecule has 3 nitrogen and oxygen atoms in total. The summed E-state index contributed by atoms with van der Waals surface area (Å²) < 4.78 is 2.47. The molecule has 0 saturated carbocycles. The van der Waals surface area contributed by atoms with Crippen LogP contribution >= 0.6 is 11.3 Å². The Hall–Kier alpha value is -7.01. The van der Waals surface area contributed by atoms with Crippen LogP contribution in [0.2, 0.25) is 0 Å². The monoisotopic (exact) mass is 717 g/mol. The molecule has 0 N–H and O–H groups in total. The van der Waals surface area contributed by atoms with E-state index in [2.05, 4.69) is 170 Å². The van der Waals surface area contributed by atoms with E-state index in [-0.39, 0.29) is 0 Å². The van der Waals surface area contributed by atoms with Crippen LogP contribution in [0.4, 0.5) is 0 Å². The number of hydrogen-bond donors (Lipinski definition) is 0. The number of aromatic nitrogens is 3. The van der Waals surface area contributed by atoms with Crippen molar-refractivity contribution in [1.29, 1.82) is 0 Å². The van der Waals surface area contributed by atoms with Crippen LogP contribution in [-0.4, -0.2) is 15.0 Å². The molecule has 0 aliphatic carbocycles. The smallest absolute Gasteiger partial charge is 0.164 e. The normalized spacial score (nSPS) is 11.6. The van der Waals surface area contributed by atoms with Gasteiger partial charge in [0, 0.05) is 36.9 Å². The predicted molar refractivity (Wildman–Crippen MR) is 232 cm³/mol. The third-order valence-electron chi connectivity index (χ3n) is 10.7. The number of hydrogen-bond acceptors (Lipinski definition) is 4. The van der Waals surface area contributed by atoms with Crippen LogP contribution in [0.1, 0.15) is 0 Å². The van der Waals surface area contributed by atoms with Gasteiger partial charge in [0.1, 0.15) is 0 Å². The lowest BCUT2D eigenvalue weighted by Gasteiger charge is -2.15. The SMILES string of the molecule is c1ccc(-c2nc(-c3cccc(-c4cccc5c4ccc4ccc6cccc(-c7ccccc7)c6c45)c3)nc(-c3cccc4sc5ccccc5c34)n2)cc1. The Labute approximate surface area is 321 Å². The van der Waals surface area contributed by atoms with E-state index in [4.69, 9.17) is 15.0 Å². The fourth-order valence-electron chi connectivity index (χ4n) is 8.20. The summed E-state index contributed by atoms with van der Waals surface area (Å²) in [4.78, 5) is 15.5. The number of rotatable bonds is 5. The van der Waals surface area contributed by atoms with Gasteiger partial charge >= 0.3 is 0 Å². The molecule has 0 aliphatic rings. The summed E-state index contributed by atoms with van der Waals surface area (Å²) in [7, 11) is 0. The van der Waals surface area contributed by atoms with Crippen LogP contribution in [-0.2, 0) is 0 Å². The quantitative estimate of drug-likeness (QED) is 0.166. The average Bonchev–Trinajstić information content (AvgIpc) is 3.65. The van der Waals surface area contributed by atoms with E-state index in [1.165, 1.54) is 69.2 Å². The van der Waals surface area contributed by atoms with Crippen molar-refractivity contribution in [3.63, 3.8) is 0 Å². The van der Waals surface area contributed by atoms with Crippen molar-refractivity contribution in [1.82, 2.24) is 15.0 Å². The maximum absolute atomic E-state index is 5.23. The van der Waals surface area contributed by atoms with Gasteiger partial charge in [-0.15, -0.1) is 11.3 Å². The van der Waals surface area contributed by atoms with Crippen molar-refractivity contribution >= 4 is 63.8 Å². The van der Waals surface area contributed by atoms with Gasteiger partial charge in [0.15, 0.2) is 17.5 Å². The summed E-state index contributed by atoms with van der Waals surface area (Å²) in [6.45, 7) is 0. The van der Waals surface area contributed by atoms with Gasteiger partial charge in [0.25, 0.3) is 0 Å². The second-order valence-electron chi connectivity index (χ2n) is 13.9. The summed E-state index contributed by atoms with van der Waals surface area (Å²) >= 11 is 1.80. The summed E-state index contributed by atoms with van der Waals surface area (Å²) in [5, 5.41) is 9.86. The van der Waals surface area contributed by atoms with Gasteiger partial charge < -0.3 is 0 Å². The molecule has 0 unspecified atom stereocenters. The molecule has 256 valence electrons. The van der Waals surface area contributed by atoms with Gasteiger partial charge in [-0.25, -0.2) is 15.0 Å². The zero-order valence-corrected chi connectivity index (χ0v) is 30.5. The highest BCUT2D eigenvalue weighted by Gasteiger charge is 2.18. The van der Waals surface area contributed by atoms with E-state index >= 15 is 0 Å². The van der Waals surface area contributed by atoms with Gasteiger partial charge in [0.2, 0.25) is 0 Å². The minimum atomic E-state index is 0.645. The molecule has 11 rings (SSSR count). The molecule has 55 heavy (non-hydrogen) atoms. The highest BCUT2D eigenvalue weighted by atomic mass is 32.1. The Kier molecular flexibility index (Phi) is 7.35. The average molecular weight is 718 g/mol. The number of benzene rings is 9. The van der Waals surface area contributed by atoms with Crippen LogP contribution in [0, 0.1) is 0 Å². The number of fused-ring (bicyclic) bond motifs is 8. The molecule has 0 radical (unpaired) electrons. The standard InChI is InChI=1S/C51H31N3S/c1-3-13-32(14-4-1)39-22-10-17-33-27-28-34-29-30-40-38(21-11-23-41(40)47(34)46(33)39)36-18-9-19-37(31-36)50-52-49(35-15-5-2-6-16-35)53-51(54-50)43-24-12-26-45-48(43)42-20-7-8-25-44(42)55-45/h1-31H. The van der Waals surface area contributed by atoms with Gasteiger partial charge in [-0.1, -0.05) is 170 Å². The van der Waals surface area contributed by atoms with E-state index in [1.807, 2.05) is 18.2 Å². The minimum absolute atomic E-state index is 0.645. The first-order valence-electron chi connectivity index (χ1n) is 18.5. The molecule has 0 amide bonds. The highest BCUT2D eigenvalue weighted by Crippen LogP contribution is 2.42. The van der Waals surface area contributed by atoms with Crippen molar-refractivity contribution < 1.29 is 0 Å². The second-order valence-corrected chi connectivity index (χ2v) is 15.0. The topological polar surface area (TPSA) is 38.7 Å². The van der Waals surface area contributed by atoms with Crippen LogP contribution < -0.4 is 0 Å². The van der Waals surface area contributed by atoms with Gasteiger partial charge in [-0.3, -0.25) is 0 Å². The summed E-state index contributed by atoms with van der Waals surface area (Å²) in [6, 6.07) is 66.9. The second kappa shape index (κ2) is 12.8. The molecule has 2 heterocycles. The predicted octanol–water partition coefficient (Wildman–Crippen LogP) is 14.0. The molecule has 9 aromatic carbocycles. The highest BCUT2D eigenvalue weighted by molar-refractivity contribution is 7.25. The molecule has 0 fully saturated rings. The first-order valence-corrected chi connectivity index (χ1v) is 19.3. The Morgan fingerprint density at radius 2 is 0.855 bits per heavy atom. The molecular formula is C51H31N3S. The van der Waals surface area contributed by atoms with E-state index in [0.717, 1.165) is 22.3 Å². The lowest BCUT2D eigenvalue weighted by molar-refractivity contribution is 1.08. The maximum atomic E-state index is 5.23. The lowest BCUT2D eigenvalue weighted by Crippen LogP contribution is -2.00. The van der Waals surface area contributed by atoms with Crippen LogP contribution in [0.3, 0.4) is 0 Å². The molecule has 11 aromatic rings. The molecule has 0 aliphatic heterocycles. The van der Waals surface area contributed by atoms with Crippen LogP contribution in [0.5, 0.6) is 0 Å². The third-order valence-corrected chi connectivity index (χ3v) is 11.8. The zero-order valence-electron chi connectivity index (χ0n) is 29.6. The van der Waals surface area contributed by atoms with E-state index < -0.39 is 0 Å². The molecule has 2 aromatic heterocycles. The van der Waals surface area contributed by atoms with Crippen molar-refractivity contribution in [2.45, 2.75) is 0 Å². The van der Waals surface area contributed by atoms with E-state index in [1.54, 1.807) is 11.3 Å². The molecular weight excluding hydrogens is 687 g/mol. The fourth-order valence-corrected chi connectivity index (χ4v) is 9.33. The number of thiophene rings is 1. The van der Waals surface area contributed by atoms with Crippen molar-refractivity contribution in [2.75, 3.05) is 0 Å². The zero-order chi connectivity index (χ0) is 36.3. The Balaban J connectivity index is 1.11. The Morgan fingerprint density at radius 3 is 1.71 bits per heavy atom. The first-order chi connectivity index (χ1) is 27.3. The van der Waals surface area contributed by atoms with Gasteiger partial charge in [-0.2, -0.15) is 0 Å². The minimum Gasteiger partial charge on any atom is -0.208 e. The fraction of sp³-hybridized carbons (Fsp3) is 0. The van der Waals surface area contributed by atoms with Crippen LogP contribution in [0.25, 0.3) is 109 Å². The molecule has 0 spiro atoms. The van der Waals surface area contributed by atoms with E-state index in [9.17, 15) is 0 Å². The summed E-state index contributed by atoms with van der Waals surface area (Å²) in [6.07, 6.45) is 0. The van der Waals surface area contributed by atoms with Crippen molar-refractivity contribution in [3.05, 3.63) is 188 Å². The third kappa shape index (κ3) is 5.30. The largest absolute Gasteiger partial charge is 0.208 e. The van der Waals surface area contributed by atoms with Crippen LogP contribution in [0.15, 0.2) is 188 Å². The summed E-state index contributed by atoms with van der Waals surface area (Å²) in [5.74, 6) is 1.97. The van der Waals surface area contributed by atoms with E-state index in [0.29, 0.717) is 17.5 Å². The Bertz CT molecular complexity index is 3260. The Morgan fingerprint density at radius 1 is 0.291 bits per heavy atom. The maximum Gasteiger partial charge on any atom is 0.164 e. The van der Waals surface area contributed by atoms with Gasteiger partial charge in [-0.05, 0) is 72.8 Å².